The molecule has 9 rings (SSSR count). The average molecular weight is 740 g/mol. The molecule has 3 heterocycles. The molecule has 0 saturated carbocycles. The summed E-state index contributed by atoms with van der Waals surface area (Å²) in [4.78, 5) is 5.33. The van der Waals surface area contributed by atoms with Crippen molar-refractivity contribution in [3.05, 3.63) is 131 Å². The predicted molar refractivity (Wildman–Crippen MR) is 237 cm³/mol. The molecular formula is C52H52N2O2. The Hall–Kier alpha value is -5.61. The number of furan rings is 2. The van der Waals surface area contributed by atoms with Gasteiger partial charge < -0.3 is 8.83 Å². The van der Waals surface area contributed by atoms with Gasteiger partial charge in [0.15, 0.2) is 0 Å². The Morgan fingerprint density at radius 2 is 1.18 bits per heavy atom. The summed E-state index contributed by atoms with van der Waals surface area (Å²) in [5.41, 5.74) is 13.4. The predicted octanol–water partition coefficient (Wildman–Crippen LogP) is 15.3. The summed E-state index contributed by atoms with van der Waals surface area (Å²) in [6.45, 7) is 20.2. The first kappa shape index (κ1) is 32.6. The zero-order valence-electron chi connectivity index (χ0n) is 37.2. The van der Waals surface area contributed by atoms with E-state index in [0.717, 1.165) is 66.2 Å². The molecule has 0 unspecified atom stereocenters. The SMILES string of the molecule is [2H]C([2H])([2H])c1cccc2nc(-c3cccc4c3oc3cc5c(cc34)oc3ccccc35)n(-c3c(C(C)C)cc(-c4cc(C(C)(C)C)cc(C(C)(C)C)c4)cc3C(C)C)c12. The lowest BCUT2D eigenvalue weighted by molar-refractivity contribution is 0.569. The fraction of sp³-hybridized carbons (Fsp3) is 0.288. The molecule has 0 aliphatic heterocycles. The molecule has 0 saturated heterocycles. The van der Waals surface area contributed by atoms with Crippen molar-refractivity contribution >= 4 is 54.9 Å². The molecule has 0 aliphatic carbocycles. The number of hydrogen-bond donors (Lipinski definition) is 0. The second-order valence-corrected chi connectivity index (χ2v) is 18.3. The minimum absolute atomic E-state index is 0.0384. The van der Waals surface area contributed by atoms with Crippen LogP contribution < -0.4 is 0 Å². The molecule has 0 aliphatic rings. The van der Waals surface area contributed by atoms with E-state index in [2.05, 4.69) is 128 Å². The van der Waals surface area contributed by atoms with E-state index in [-0.39, 0.29) is 28.2 Å². The minimum atomic E-state index is -2.39. The van der Waals surface area contributed by atoms with E-state index in [1.807, 2.05) is 36.4 Å². The Bertz CT molecular complexity index is 3060. The van der Waals surface area contributed by atoms with Gasteiger partial charge >= 0.3 is 0 Å². The van der Waals surface area contributed by atoms with Crippen molar-refractivity contribution in [1.82, 2.24) is 9.55 Å². The van der Waals surface area contributed by atoms with Gasteiger partial charge in [-0.15, -0.1) is 0 Å². The quantitative estimate of drug-likeness (QED) is 0.177. The van der Waals surface area contributed by atoms with Gasteiger partial charge in [-0.1, -0.05) is 130 Å². The molecule has 0 spiro atoms. The van der Waals surface area contributed by atoms with Crippen LogP contribution in [0, 0.1) is 6.85 Å². The molecule has 56 heavy (non-hydrogen) atoms. The van der Waals surface area contributed by atoms with Gasteiger partial charge in [0.2, 0.25) is 0 Å². The highest BCUT2D eigenvalue weighted by molar-refractivity contribution is 6.16. The van der Waals surface area contributed by atoms with Crippen molar-refractivity contribution in [2.75, 3.05) is 0 Å². The molecule has 3 aromatic heterocycles. The maximum Gasteiger partial charge on any atom is 0.149 e. The summed E-state index contributed by atoms with van der Waals surface area (Å²) in [5.74, 6) is 0.817. The summed E-state index contributed by atoms with van der Waals surface area (Å²) in [6.07, 6.45) is 0. The van der Waals surface area contributed by atoms with Gasteiger partial charge in [-0.25, -0.2) is 4.98 Å². The number of rotatable bonds is 5. The third-order valence-electron chi connectivity index (χ3n) is 11.5. The van der Waals surface area contributed by atoms with E-state index in [4.69, 9.17) is 17.9 Å². The Labute approximate surface area is 334 Å². The molecule has 0 radical (unpaired) electrons. The van der Waals surface area contributed by atoms with Gasteiger partial charge in [-0.2, -0.15) is 0 Å². The molecule has 4 nitrogen and oxygen atoms in total. The summed E-state index contributed by atoms with van der Waals surface area (Å²) < 4.78 is 41.6. The Morgan fingerprint density at radius 1 is 0.589 bits per heavy atom. The zero-order valence-corrected chi connectivity index (χ0v) is 34.2. The maximum absolute atomic E-state index is 8.77. The zero-order chi connectivity index (χ0) is 41.9. The highest BCUT2D eigenvalue weighted by atomic mass is 16.3. The van der Waals surface area contributed by atoms with Gasteiger partial charge in [0.05, 0.1) is 22.3 Å². The molecule has 4 heteroatoms. The van der Waals surface area contributed by atoms with E-state index >= 15 is 0 Å². The molecule has 0 fully saturated rings. The fourth-order valence-corrected chi connectivity index (χ4v) is 8.36. The number of aryl methyl sites for hydroxylation is 1. The van der Waals surface area contributed by atoms with Crippen molar-refractivity contribution in [3.63, 3.8) is 0 Å². The van der Waals surface area contributed by atoms with Crippen LogP contribution in [0.3, 0.4) is 0 Å². The van der Waals surface area contributed by atoms with E-state index in [9.17, 15) is 0 Å². The molecule has 0 bridgehead atoms. The highest BCUT2D eigenvalue weighted by Crippen LogP contribution is 2.45. The van der Waals surface area contributed by atoms with E-state index in [0.29, 0.717) is 22.4 Å². The third-order valence-corrected chi connectivity index (χ3v) is 11.5. The summed E-state index contributed by atoms with van der Waals surface area (Å²) in [7, 11) is 0. The van der Waals surface area contributed by atoms with Crippen LogP contribution in [0.15, 0.2) is 112 Å². The maximum atomic E-state index is 8.77. The van der Waals surface area contributed by atoms with Crippen molar-refractivity contribution in [3.8, 4) is 28.2 Å². The first-order chi connectivity index (χ1) is 27.8. The second kappa shape index (κ2) is 12.7. The number of imidazole rings is 1. The number of nitrogens with zero attached hydrogens (tertiary/aromatic N) is 2. The van der Waals surface area contributed by atoms with Crippen LogP contribution in [-0.4, -0.2) is 9.55 Å². The minimum Gasteiger partial charge on any atom is -0.456 e. The number of para-hydroxylation sites is 3. The van der Waals surface area contributed by atoms with Crippen molar-refractivity contribution in [2.24, 2.45) is 0 Å². The summed E-state index contributed by atoms with van der Waals surface area (Å²) in [6, 6.07) is 35.5. The van der Waals surface area contributed by atoms with Gasteiger partial charge in [0, 0.05) is 25.7 Å². The van der Waals surface area contributed by atoms with Crippen LogP contribution in [-0.2, 0) is 10.8 Å². The summed E-state index contributed by atoms with van der Waals surface area (Å²) >= 11 is 0. The molecule has 9 aromatic rings. The lowest BCUT2D eigenvalue weighted by Crippen LogP contribution is -2.16. The monoisotopic (exact) mass is 739 g/mol. The lowest BCUT2D eigenvalue weighted by atomic mass is 9.78. The lowest BCUT2D eigenvalue weighted by Gasteiger charge is -2.28. The first-order valence-corrected chi connectivity index (χ1v) is 19.9. The third kappa shape index (κ3) is 5.76. The molecule has 282 valence electrons. The van der Waals surface area contributed by atoms with Crippen LogP contribution >= 0.6 is 0 Å². The Balaban J connectivity index is 1.37. The fourth-order valence-electron chi connectivity index (χ4n) is 8.36. The van der Waals surface area contributed by atoms with Gasteiger partial charge in [0.25, 0.3) is 0 Å². The first-order valence-electron chi connectivity index (χ1n) is 21.4. The Morgan fingerprint density at radius 3 is 1.82 bits per heavy atom. The van der Waals surface area contributed by atoms with Crippen molar-refractivity contribution < 1.29 is 12.9 Å². The summed E-state index contributed by atoms with van der Waals surface area (Å²) in [5, 5.41) is 3.91. The van der Waals surface area contributed by atoms with E-state index in [1.54, 1.807) is 12.1 Å². The van der Waals surface area contributed by atoms with Gasteiger partial charge in [-0.3, -0.25) is 4.57 Å². The van der Waals surface area contributed by atoms with Crippen LogP contribution in [0.2, 0.25) is 0 Å². The van der Waals surface area contributed by atoms with Crippen LogP contribution in [0.25, 0.3) is 83.1 Å². The van der Waals surface area contributed by atoms with E-state index < -0.39 is 6.85 Å². The molecule has 6 aromatic carbocycles. The molecule has 0 amide bonds. The van der Waals surface area contributed by atoms with E-state index in [1.165, 1.54) is 16.7 Å². The average Bonchev–Trinajstić information content (AvgIpc) is 3.85. The van der Waals surface area contributed by atoms with Crippen LogP contribution in [0.5, 0.6) is 0 Å². The molecular weight excluding hydrogens is 685 g/mol. The van der Waals surface area contributed by atoms with Crippen LogP contribution in [0.1, 0.15) is 113 Å². The second-order valence-electron chi connectivity index (χ2n) is 18.3. The number of hydrogen-bond acceptors (Lipinski definition) is 3. The molecule has 0 atom stereocenters. The smallest absolute Gasteiger partial charge is 0.149 e. The number of aromatic nitrogens is 2. The normalized spacial score (nSPS) is 13.9. The van der Waals surface area contributed by atoms with Crippen LogP contribution in [0.4, 0.5) is 0 Å². The number of fused-ring (bicyclic) bond motifs is 7. The van der Waals surface area contributed by atoms with Crippen molar-refractivity contribution in [1.29, 1.82) is 0 Å². The topological polar surface area (TPSA) is 44.1 Å². The number of benzene rings is 6. The largest absolute Gasteiger partial charge is 0.456 e. The Kier molecular flexibility index (Phi) is 7.40. The van der Waals surface area contributed by atoms with Gasteiger partial charge in [0.1, 0.15) is 28.2 Å². The van der Waals surface area contributed by atoms with Gasteiger partial charge in [-0.05, 0) is 111 Å². The molecule has 0 N–H and O–H groups in total. The standard InChI is InChI=1S/C52H52N2O2/c1-29(2)39-24-33(32-22-34(51(6,7)8)26-35(23-32)52(9,10)11)25-40(30(3)4)48(39)54-47-31(5)16-14-20-43(47)53-50(54)38-19-15-18-37-42-28-45-41(27-46(42)56-49(37)38)36-17-12-13-21-44(36)55-45/h12-30H,1-11H3/i5D3. The van der Waals surface area contributed by atoms with Crippen molar-refractivity contribution in [2.45, 2.75) is 98.8 Å². The highest BCUT2D eigenvalue weighted by Gasteiger charge is 2.28.